The molecule has 1 fully saturated rings. The lowest BCUT2D eigenvalue weighted by Crippen LogP contribution is -2.47. The van der Waals surface area contributed by atoms with Crippen molar-refractivity contribution >= 4 is 11.6 Å². The second-order valence-electron chi connectivity index (χ2n) is 7.40. The molecule has 1 aliphatic heterocycles. The summed E-state index contributed by atoms with van der Waals surface area (Å²) in [6, 6.07) is 13.0. The largest absolute Gasteiger partial charge is 0.309 e. The van der Waals surface area contributed by atoms with Gasteiger partial charge in [0.25, 0.3) is 0 Å². The van der Waals surface area contributed by atoms with Crippen LogP contribution in [0.4, 0.5) is 5.69 Å². The minimum absolute atomic E-state index is 0.259. The van der Waals surface area contributed by atoms with Crippen LogP contribution in [0, 0.1) is 0 Å². The molecule has 0 radical (unpaired) electrons. The molecule has 2 aromatic rings. The van der Waals surface area contributed by atoms with Crippen molar-refractivity contribution in [1.29, 1.82) is 0 Å². The number of hydrogen-bond acceptors (Lipinski definition) is 3. The fraction of sp³-hybridized carbons (Fsp3) is 0.478. The van der Waals surface area contributed by atoms with Crippen molar-refractivity contribution in [2.24, 2.45) is 0 Å². The lowest BCUT2D eigenvalue weighted by Gasteiger charge is -2.38. The van der Waals surface area contributed by atoms with Gasteiger partial charge in [-0.05, 0) is 61.1 Å². The van der Waals surface area contributed by atoms with Gasteiger partial charge in [-0.2, -0.15) is 0 Å². The van der Waals surface area contributed by atoms with Crippen LogP contribution in [0.3, 0.4) is 0 Å². The predicted octanol–water partition coefficient (Wildman–Crippen LogP) is 4.44. The number of nitrogens with zero attached hydrogens (tertiary/aromatic N) is 3. The minimum Gasteiger partial charge on any atom is -0.309 e. The van der Waals surface area contributed by atoms with Crippen LogP contribution in [-0.2, 0) is 17.8 Å². The SMILES string of the molecule is CCCC(=O)N(c1ccc(CC)cc1)C1CCN(Cc2ccncc2)CC1. The molecular weight excluding hydrogens is 334 g/mol. The Morgan fingerprint density at radius 2 is 1.70 bits per heavy atom. The number of aromatic nitrogens is 1. The first-order chi connectivity index (χ1) is 13.2. The Morgan fingerprint density at radius 3 is 2.30 bits per heavy atom. The third kappa shape index (κ3) is 5.16. The molecule has 0 unspecified atom stereocenters. The first kappa shape index (κ1) is 19.6. The number of benzene rings is 1. The van der Waals surface area contributed by atoms with Crippen LogP contribution >= 0.6 is 0 Å². The number of aryl methyl sites for hydroxylation is 1. The molecule has 0 N–H and O–H groups in total. The van der Waals surface area contributed by atoms with Crippen molar-refractivity contribution < 1.29 is 4.79 Å². The van der Waals surface area contributed by atoms with E-state index < -0.39 is 0 Å². The molecule has 1 aromatic carbocycles. The molecule has 1 aromatic heterocycles. The molecule has 4 nitrogen and oxygen atoms in total. The Kier molecular flexibility index (Phi) is 6.99. The highest BCUT2D eigenvalue weighted by atomic mass is 16.2. The Balaban J connectivity index is 1.67. The van der Waals surface area contributed by atoms with Gasteiger partial charge < -0.3 is 4.90 Å². The summed E-state index contributed by atoms with van der Waals surface area (Å²) < 4.78 is 0. The van der Waals surface area contributed by atoms with Crippen LogP contribution < -0.4 is 4.90 Å². The highest BCUT2D eigenvalue weighted by Crippen LogP contribution is 2.26. The summed E-state index contributed by atoms with van der Waals surface area (Å²) in [7, 11) is 0. The Hall–Kier alpha value is -2.20. The van der Waals surface area contributed by atoms with Gasteiger partial charge in [0.1, 0.15) is 0 Å². The van der Waals surface area contributed by atoms with E-state index in [4.69, 9.17) is 0 Å². The second-order valence-corrected chi connectivity index (χ2v) is 7.40. The zero-order valence-electron chi connectivity index (χ0n) is 16.6. The lowest BCUT2D eigenvalue weighted by molar-refractivity contribution is -0.119. The van der Waals surface area contributed by atoms with Crippen molar-refractivity contribution in [2.45, 2.75) is 58.5 Å². The predicted molar refractivity (Wildman–Crippen MR) is 111 cm³/mol. The quantitative estimate of drug-likeness (QED) is 0.728. The Labute approximate surface area is 163 Å². The van der Waals surface area contributed by atoms with Gasteiger partial charge in [0.05, 0.1) is 0 Å². The minimum atomic E-state index is 0.259. The second kappa shape index (κ2) is 9.65. The maximum atomic E-state index is 12.9. The molecular formula is C23H31N3O. The fourth-order valence-electron chi connectivity index (χ4n) is 3.87. The summed E-state index contributed by atoms with van der Waals surface area (Å²) in [6.07, 6.45) is 8.29. The van der Waals surface area contributed by atoms with E-state index in [2.05, 4.69) is 65.0 Å². The van der Waals surface area contributed by atoms with Gasteiger partial charge in [-0.25, -0.2) is 0 Å². The zero-order chi connectivity index (χ0) is 19.1. The number of carbonyl (C=O) groups is 1. The number of piperidine rings is 1. The molecule has 1 saturated heterocycles. The average Bonchev–Trinajstić information content (AvgIpc) is 2.71. The zero-order valence-corrected chi connectivity index (χ0v) is 16.6. The van der Waals surface area contributed by atoms with Gasteiger partial charge in [-0.3, -0.25) is 14.7 Å². The normalized spacial score (nSPS) is 15.6. The summed E-state index contributed by atoms with van der Waals surface area (Å²) in [5.41, 5.74) is 3.67. The van der Waals surface area contributed by atoms with E-state index >= 15 is 0 Å². The van der Waals surface area contributed by atoms with E-state index in [1.165, 1.54) is 11.1 Å². The highest BCUT2D eigenvalue weighted by Gasteiger charge is 2.28. The third-order valence-corrected chi connectivity index (χ3v) is 5.43. The van der Waals surface area contributed by atoms with Crippen LogP contribution in [0.15, 0.2) is 48.8 Å². The van der Waals surface area contributed by atoms with Crippen LogP contribution in [0.5, 0.6) is 0 Å². The first-order valence-electron chi connectivity index (χ1n) is 10.2. The first-order valence-corrected chi connectivity index (χ1v) is 10.2. The monoisotopic (exact) mass is 365 g/mol. The number of amides is 1. The van der Waals surface area contributed by atoms with Crippen molar-refractivity contribution in [3.05, 3.63) is 59.9 Å². The molecule has 0 saturated carbocycles. The number of anilines is 1. The molecule has 0 atom stereocenters. The highest BCUT2D eigenvalue weighted by molar-refractivity contribution is 5.94. The summed E-state index contributed by atoms with van der Waals surface area (Å²) in [5.74, 6) is 0.259. The molecule has 0 bridgehead atoms. The number of rotatable bonds is 7. The molecule has 0 spiro atoms. The molecule has 3 rings (SSSR count). The van der Waals surface area contributed by atoms with E-state index in [1.54, 1.807) is 0 Å². The maximum absolute atomic E-state index is 12.9. The van der Waals surface area contributed by atoms with E-state index in [0.717, 1.165) is 51.0 Å². The summed E-state index contributed by atoms with van der Waals surface area (Å²) in [6.45, 7) is 7.25. The fourth-order valence-corrected chi connectivity index (χ4v) is 3.87. The van der Waals surface area contributed by atoms with Crippen molar-refractivity contribution in [3.63, 3.8) is 0 Å². The van der Waals surface area contributed by atoms with Crippen LogP contribution in [0.25, 0.3) is 0 Å². The van der Waals surface area contributed by atoms with Crippen LogP contribution in [0.1, 0.15) is 50.7 Å². The van der Waals surface area contributed by atoms with Gasteiger partial charge in [0.2, 0.25) is 5.91 Å². The standard InChI is InChI=1S/C23H31N3O/c1-3-5-23(27)26(21-8-6-19(4-2)7-9-21)22-12-16-25(17-13-22)18-20-10-14-24-15-11-20/h6-11,14-15,22H,3-5,12-13,16-18H2,1-2H3. The van der Waals surface area contributed by atoms with E-state index in [-0.39, 0.29) is 5.91 Å². The molecule has 1 amide bonds. The van der Waals surface area contributed by atoms with Crippen LogP contribution in [-0.4, -0.2) is 34.9 Å². The maximum Gasteiger partial charge on any atom is 0.227 e. The number of likely N-dealkylation sites (tertiary alicyclic amines) is 1. The van der Waals surface area contributed by atoms with Gasteiger partial charge >= 0.3 is 0 Å². The average molecular weight is 366 g/mol. The van der Waals surface area contributed by atoms with E-state index in [1.807, 2.05) is 12.4 Å². The molecule has 1 aliphatic rings. The molecule has 2 heterocycles. The van der Waals surface area contributed by atoms with Crippen molar-refractivity contribution in [3.8, 4) is 0 Å². The summed E-state index contributed by atoms with van der Waals surface area (Å²) in [4.78, 5) is 21.5. The topological polar surface area (TPSA) is 36.4 Å². The Bertz CT molecular complexity index is 706. The molecule has 27 heavy (non-hydrogen) atoms. The van der Waals surface area contributed by atoms with Gasteiger partial charge in [0.15, 0.2) is 0 Å². The van der Waals surface area contributed by atoms with E-state index in [0.29, 0.717) is 12.5 Å². The number of carbonyl (C=O) groups excluding carboxylic acids is 1. The molecule has 0 aliphatic carbocycles. The van der Waals surface area contributed by atoms with Crippen molar-refractivity contribution in [1.82, 2.24) is 9.88 Å². The lowest BCUT2D eigenvalue weighted by atomic mass is 10.0. The van der Waals surface area contributed by atoms with Gasteiger partial charge in [0, 0.05) is 50.2 Å². The van der Waals surface area contributed by atoms with Crippen molar-refractivity contribution in [2.75, 3.05) is 18.0 Å². The van der Waals surface area contributed by atoms with Crippen LogP contribution in [0.2, 0.25) is 0 Å². The van der Waals surface area contributed by atoms with Gasteiger partial charge in [-0.15, -0.1) is 0 Å². The third-order valence-electron chi connectivity index (χ3n) is 5.43. The number of hydrogen-bond donors (Lipinski definition) is 0. The molecule has 144 valence electrons. The smallest absolute Gasteiger partial charge is 0.227 e. The summed E-state index contributed by atoms with van der Waals surface area (Å²) >= 11 is 0. The molecule has 4 heteroatoms. The number of pyridine rings is 1. The van der Waals surface area contributed by atoms with Gasteiger partial charge in [-0.1, -0.05) is 26.0 Å². The summed E-state index contributed by atoms with van der Waals surface area (Å²) in [5, 5.41) is 0. The van der Waals surface area contributed by atoms with E-state index in [9.17, 15) is 4.79 Å². The Morgan fingerprint density at radius 1 is 1.04 bits per heavy atom.